The van der Waals surface area contributed by atoms with Gasteiger partial charge < -0.3 is 9.47 Å². The van der Waals surface area contributed by atoms with Crippen LogP contribution in [0.2, 0.25) is 0 Å². The Labute approximate surface area is 151 Å². The van der Waals surface area contributed by atoms with Crippen molar-refractivity contribution in [1.82, 2.24) is 0 Å². The second-order valence-corrected chi connectivity index (χ2v) is 7.28. The highest BCUT2D eigenvalue weighted by Gasteiger charge is 2.58. The van der Waals surface area contributed by atoms with Gasteiger partial charge >= 0.3 is 0 Å². The lowest BCUT2D eigenvalue weighted by atomic mass is 9.86. The van der Waals surface area contributed by atoms with Gasteiger partial charge in [-0.15, -0.1) is 0 Å². The Bertz CT molecular complexity index is 652. The molecule has 0 N–H and O–H groups in total. The van der Waals surface area contributed by atoms with Gasteiger partial charge in [0, 0.05) is 17.3 Å². The van der Waals surface area contributed by atoms with Crippen molar-refractivity contribution in [2.75, 3.05) is 4.43 Å². The molecule has 2 aromatic carbocycles. The van der Waals surface area contributed by atoms with Gasteiger partial charge in [0.15, 0.2) is 5.79 Å². The molecule has 2 aliphatic rings. The van der Waals surface area contributed by atoms with Gasteiger partial charge in [-0.25, -0.2) is 0 Å². The smallest absolute Gasteiger partial charge is 0.170 e. The minimum atomic E-state index is -0.409. The second kappa shape index (κ2) is 6.19. The number of hydrogen-bond acceptors (Lipinski definition) is 2. The van der Waals surface area contributed by atoms with Crippen molar-refractivity contribution in [3.8, 4) is 0 Å². The number of hydrogen-bond donors (Lipinski definition) is 0. The molecule has 2 aromatic rings. The zero-order chi connectivity index (χ0) is 15.8. The summed E-state index contributed by atoms with van der Waals surface area (Å²) in [5.74, 6) is -0.401. The van der Waals surface area contributed by atoms with Crippen LogP contribution in [0.3, 0.4) is 0 Å². The fourth-order valence-electron chi connectivity index (χ4n) is 3.92. The molecule has 3 heteroatoms. The Morgan fingerprint density at radius 2 is 1.52 bits per heavy atom. The highest BCUT2D eigenvalue weighted by Crippen LogP contribution is 2.57. The van der Waals surface area contributed by atoms with Crippen LogP contribution in [0.5, 0.6) is 0 Å². The van der Waals surface area contributed by atoms with E-state index < -0.39 is 11.4 Å². The van der Waals surface area contributed by atoms with E-state index in [1.54, 1.807) is 0 Å². The van der Waals surface area contributed by atoms with Gasteiger partial charge in [-0.3, -0.25) is 0 Å². The second-order valence-electron chi connectivity index (χ2n) is 6.52. The zero-order valence-corrected chi connectivity index (χ0v) is 15.2. The van der Waals surface area contributed by atoms with Crippen LogP contribution < -0.4 is 0 Å². The first-order valence-corrected chi connectivity index (χ1v) is 9.85. The van der Waals surface area contributed by atoms with Crippen molar-refractivity contribution in [1.29, 1.82) is 0 Å². The van der Waals surface area contributed by atoms with Gasteiger partial charge in [-0.1, -0.05) is 83.3 Å². The van der Waals surface area contributed by atoms with E-state index in [-0.39, 0.29) is 6.10 Å². The van der Waals surface area contributed by atoms with Gasteiger partial charge in [-0.05, 0) is 24.0 Å². The molecular weight excluding hydrogens is 399 g/mol. The van der Waals surface area contributed by atoms with Crippen molar-refractivity contribution >= 4 is 22.6 Å². The third-order valence-corrected chi connectivity index (χ3v) is 6.19. The van der Waals surface area contributed by atoms with Crippen LogP contribution >= 0.6 is 22.6 Å². The van der Waals surface area contributed by atoms with Crippen molar-refractivity contribution in [3.05, 3.63) is 71.8 Å². The van der Waals surface area contributed by atoms with Crippen LogP contribution in [0.4, 0.5) is 0 Å². The summed E-state index contributed by atoms with van der Waals surface area (Å²) < 4.78 is 14.3. The SMILES string of the molecule is IC[C@@]1(c2ccccc2)OC2(CCCC2)O[C@H]1c1ccccc1. The summed E-state index contributed by atoms with van der Waals surface area (Å²) in [5.41, 5.74) is 2.01. The normalized spacial score (nSPS) is 29.2. The van der Waals surface area contributed by atoms with Crippen LogP contribution in [0, 0.1) is 0 Å². The van der Waals surface area contributed by atoms with E-state index in [2.05, 4.69) is 83.3 Å². The van der Waals surface area contributed by atoms with Gasteiger partial charge in [0.1, 0.15) is 11.7 Å². The molecule has 0 unspecified atom stereocenters. The summed E-state index contributed by atoms with van der Waals surface area (Å²) in [5, 5.41) is 0. The van der Waals surface area contributed by atoms with Gasteiger partial charge in [0.25, 0.3) is 0 Å². The minimum absolute atomic E-state index is 0.0545. The van der Waals surface area contributed by atoms with E-state index in [1.165, 1.54) is 24.0 Å². The molecule has 4 rings (SSSR count). The maximum Gasteiger partial charge on any atom is 0.170 e. The molecule has 1 aliphatic heterocycles. The van der Waals surface area contributed by atoms with Crippen LogP contribution in [0.1, 0.15) is 42.9 Å². The lowest BCUT2D eigenvalue weighted by Gasteiger charge is -2.32. The Hall–Kier alpha value is -0.910. The quantitative estimate of drug-likeness (QED) is 0.491. The first-order valence-electron chi connectivity index (χ1n) is 8.32. The van der Waals surface area contributed by atoms with E-state index >= 15 is 0 Å². The van der Waals surface area contributed by atoms with E-state index in [0.29, 0.717) is 0 Å². The first-order chi connectivity index (χ1) is 11.3. The van der Waals surface area contributed by atoms with Crippen LogP contribution in [0.25, 0.3) is 0 Å². The molecule has 1 saturated carbocycles. The topological polar surface area (TPSA) is 18.5 Å². The third kappa shape index (κ3) is 2.63. The van der Waals surface area contributed by atoms with Crippen LogP contribution in [-0.4, -0.2) is 10.2 Å². The average Bonchev–Trinajstić information content (AvgIpc) is 3.22. The molecule has 2 fully saturated rings. The van der Waals surface area contributed by atoms with Crippen molar-refractivity contribution in [3.63, 3.8) is 0 Å². The maximum atomic E-state index is 6.77. The number of halogens is 1. The molecule has 0 amide bonds. The zero-order valence-electron chi connectivity index (χ0n) is 13.1. The maximum absolute atomic E-state index is 6.77. The molecule has 1 saturated heterocycles. The fourth-order valence-corrected chi connectivity index (χ4v) is 4.92. The van der Waals surface area contributed by atoms with Gasteiger partial charge in [0.05, 0.1) is 0 Å². The van der Waals surface area contributed by atoms with Crippen molar-refractivity contribution in [2.45, 2.75) is 43.2 Å². The van der Waals surface area contributed by atoms with Gasteiger partial charge in [0.2, 0.25) is 0 Å². The van der Waals surface area contributed by atoms with Crippen molar-refractivity contribution in [2.24, 2.45) is 0 Å². The molecule has 23 heavy (non-hydrogen) atoms. The van der Waals surface area contributed by atoms with Crippen LogP contribution in [0.15, 0.2) is 60.7 Å². The molecule has 120 valence electrons. The third-order valence-electron chi connectivity index (χ3n) is 5.05. The molecule has 2 nitrogen and oxygen atoms in total. The highest BCUT2D eigenvalue weighted by atomic mass is 127. The molecule has 2 atom stereocenters. The standard InChI is InChI=1S/C20H21IO2/c21-15-20(17-11-5-2-6-12-17)18(16-9-3-1-4-10-16)22-19(23-20)13-7-8-14-19/h1-6,9-12,18H,7-8,13-15H2/t18-,20-/m0/s1. The molecule has 0 aromatic heterocycles. The number of ether oxygens (including phenoxy) is 2. The first kappa shape index (κ1) is 15.6. The summed E-state index contributed by atoms with van der Waals surface area (Å²) in [6.45, 7) is 0. The number of alkyl halides is 1. The minimum Gasteiger partial charge on any atom is -0.339 e. The lowest BCUT2D eigenvalue weighted by Crippen LogP contribution is -2.36. The summed E-state index contributed by atoms with van der Waals surface area (Å²) in [4.78, 5) is 0. The molecular formula is C20H21IO2. The average molecular weight is 420 g/mol. The Kier molecular flexibility index (Phi) is 4.20. The largest absolute Gasteiger partial charge is 0.339 e. The summed E-state index contributed by atoms with van der Waals surface area (Å²) >= 11 is 2.45. The van der Waals surface area contributed by atoms with E-state index in [0.717, 1.165) is 17.3 Å². The molecule has 0 bridgehead atoms. The summed E-state index contributed by atoms with van der Waals surface area (Å²) in [7, 11) is 0. The molecule has 1 aliphatic carbocycles. The predicted octanol–water partition coefficient (Wildman–Crippen LogP) is 5.38. The molecule has 1 heterocycles. The van der Waals surface area contributed by atoms with E-state index in [1.807, 2.05) is 0 Å². The number of benzene rings is 2. The molecule has 1 spiro atoms. The Balaban J connectivity index is 1.83. The summed E-state index contributed by atoms with van der Waals surface area (Å²) in [6, 6.07) is 21.1. The van der Waals surface area contributed by atoms with E-state index in [4.69, 9.17) is 9.47 Å². The van der Waals surface area contributed by atoms with Crippen LogP contribution in [-0.2, 0) is 15.1 Å². The molecule has 0 radical (unpaired) electrons. The monoisotopic (exact) mass is 420 g/mol. The van der Waals surface area contributed by atoms with E-state index in [9.17, 15) is 0 Å². The fraction of sp³-hybridized carbons (Fsp3) is 0.400. The number of rotatable bonds is 3. The van der Waals surface area contributed by atoms with Gasteiger partial charge in [-0.2, -0.15) is 0 Å². The predicted molar refractivity (Wildman–Crippen MR) is 99.6 cm³/mol. The summed E-state index contributed by atoms with van der Waals surface area (Å²) in [6.07, 6.45) is 4.32. The Morgan fingerprint density at radius 1 is 0.913 bits per heavy atom. The Morgan fingerprint density at radius 3 is 2.13 bits per heavy atom. The van der Waals surface area contributed by atoms with Crippen molar-refractivity contribution < 1.29 is 9.47 Å². The highest BCUT2D eigenvalue weighted by molar-refractivity contribution is 14.1. The lowest BCUT2D eigenvalue weighted by molar-refractivity contribution is -0.182.